The van der Waals surface area contributed by atoms with Crippen LogP contribution >= 0.6 is 0 Å². The van der Waals surface area contributed by atoms with E-state index in [9.17, 15) is 4.79 Å². The van der Waals surface area contributed by atoms with E-state index in [1.165, 1.54) is 6.92 Å². The van der Waals surface area contributed by atoms with E-state index in [-0.39, 0.29) is 18.0 Å². The predicted octanol–water partition coefficient (Wildman–Crippen LogP) is 2.54. The van der Waals surface area contributed by atoms with Crippen LogP contribution < -0.4 is 0 Å². The second-order valence-corrected chi connectivity index (χ2v) is 4.92. The molecule has 0 spiro atoms. The van der Waals surface area contributed by atoms with E-state index in [1.807, 2.05) is 13.8 Å². The van der Waals surface area contributed by atoms with E-state index in [2.05, 4.69) is 11.5 Å². The molecule has 1 saturated carbocycles. The Balaban J connectivity index is 2.67. The van der Waals surface area contributed by atoms with Crippen molar-refractivity contribution in [1.82, 2.24) is 0 Å². The summed E-state index contributed by atoms with van der Waals surface area (Å²) in [5.41, 5.74) is 0.376. The number of hydrogen-bond acceptors (Lipinski definition) is 4. The van der Waals surface area contributed by atoms with Crippen LogP contribution in [-0.2, 0) is 14.4 Å². The Morgan fingerprint density at radius 2 is 2.19 bits per heavy atom. The average Bonchev–Trinajstić information content (AvgIpc) is 2.16. The zero-order chi connectivity index (χ0) is 12.3. The highest BCUT2D eigenvalue weighted by Gasteiger charge is 2.38. The molecule has 0 unspecified atom stereocenters. The smallest absolute Gasteiger partial charge is 0.303 e. The summed E-state index contributed by atoms with van der Waals surface area (Å²) in [6.07, 6.45) is 1.99. The molecule has 4 nitrogen and oxygen atoms in total. The number of ether oxygens (including phenoxy) is 1. The lowest BCUT2D eigenvalue weighted by atomic mass is 9.76. The van der Waals surface area contributed by atoms with Gasteiger partial charge < -0.3 is 4.74 Å². The van der Waals surface area contributed by atoms with Gasteiger partial charge in [0.1, 0.15) is 11.7 Å². The summed E-state index contributed by atoms with van der Waals surface area (Å²) in [5.74, 6) is -0.102. The molecule has 0 aromatic rings. The van der Waals surface area contributed by atoms with Crippen LogP contribution in [0.3, 0.4) is 0 Å². The SMILES string of the molecule is C=C1CC[C@@H](C(C)(C)OC(C)=O)C[C@@H]1OO. The second-order valence-electron chi connectivity index (χ2n) is 4.92. The quantitative estimate of drug-likeness (QED) is 0.349. The topological polar surface area (TPSA) is 55.8 Å². The number of carbonyl (C=O) groups excluding carboxylic acids is 1. The monoisotopic (exact) mass is 228 g/mol. The fourth-order valence-electron chi connectivity index (χ4n) is 2.27. The molecule has 1 N–H and O–H groups in total. The van der Waals surface area contributed by atoms with Gasteiger partial charge in [-0.2, -0.15) is 0 Å². The van der Waals surface area contributed by atoms with E-state index < -0.39 is 5.60 Å². The maximum Gasteiger partial charge on any atom is 0.303 e. The van der Waals surface area contributed by atoms with Gasteiger partial charge in [-0.05, 0) is 38.7 Å². The molecule has 1 rings (SSSR count). The standard InChI is InChI=1S/C12H20O4/c1-8-5-6-10(7-11(8)16-14)12(3,4)15-9(2)13/h10-11,14H,1,5-7H2,2-4H3/t10-,11+/m1/s1. The minimum absolute atomic E-state index is 0.180. The van der Waals surface area contributed by atoms with Gasteiger partial charge in [-0.25, -0.2) is 4.89 Å². The van der Waals surface area contributed by atoms with Gasteiger partial charge in [-0.3, -0.25) is 10.1 Å². The van der Waals surface area contributed by atoms with Gasteiger partial charge in [0.2, 0.25) is 0 Å². The Bertz CT molecular complexity index is 283. The van der Waals surface area contributed by atoms with Crippen molar-refractivity contribution in [2.75, 3.05) is 0 Å². The second kappa shape index (κ2) is 4.97. The molecule has 0 saturated heterocycles. The van der Waals surface area contributed by atoms with Gasteiger partial charge in [0.15, 0.2) is 0 Å². The molecule has 0 aromatic carbocycles. The van der Waals surface area contributed by atoms with Gasteiger partial charge in [-0.1, -0.05) is 6.58 Å². The summed E-state index contributed by atoms with van der Waals surface area (Å²) >= 11 is 0. The van der Waals surface area contributed by atoms with Gasteiger partial charge in [-0.15, -0.1) is 0 Å². The van der Waals surface area contributed by atoms with Crippen LogP contribution in [-0.4, -0.2) is 22.9 Å². The fraction of sp³-hybridized carbons (Fsp3) is 0.750. The molecule has 0 heterocycles. The summed E-state index contributed by atoms with van der Waals surface area (Å²) < 4.78 is 5.30. The van der Waals surface area contributed by atoms with Crippen LogP contribution in [0.25, 0.3) is 0 Å². The number of esters is 1. The molecule has 1 aliphatic rings. The maximum absolute atomic E-state index is 11.0. The van der Waals surface area contributed by atoms with Gasteiger partial charge >= 0.3 is 5.97 Å². The van der Waals surface area contributed by atoms with Crippen LogP contribution in [0.15, 0.2) is 12.2 Å². The Morgan fingerprint density at radius 3 is 2.69 bits per heavy atom. The summed E-state index contributed by atoms with van der Waals surface area (Å²) in [6.45, 7) is 9.04. The minimum Gasteiger partial charge on any atom is -0.460 e. The van der Waals surface area contributed by atoms with E-state index in [0.717, 1.165) is 18.4 Å². The maximum atomic E-state index is 11.0. The first kappa shape index (κ1) is 13.2. The third-order valence-corrected chi connectivity index (χ3v) is 3.29. The predicted molar refractivity (Wildman–Crippen MR) is 59.8 cm³/mol. The highest BCUT2D eigenvalue weighted by molar-refractivity contribution is 5.66. The lowest BCUT2D eigenvalue weighted by Crippen LogP contribution is -2.41. The van der Waals surface area contributed by atoms with E-state index in [1.54, 1.807) is 0 Å². The molecule has 1 fully saturated rings. The average molecular weight is 228 g/mol. The summed E-state index contributed by atoms with van der Waals surface area (Å²) in [5, 5.41) is 8.76. The third kappa shape index (κ3) is 3.06. The molecule has 0 radical (unpaired) electrons. The largest absolute Gasteiger partial charge is 0.460 e. The molecule has 0 aliphatic heterocycles. The van der Waals surface area contributed by atoms with Crippen molar-refractivity contribution in [2.24, 2.45) is 5.92 Å². The highest BCUT2D eigenvalue weighted by Crippen LogP contribution is 2.37. The van der Waals surface area contributed by atoms with E-state index in [4.69, 9.17) is 9.99 Å². The van der Waals surface area contributed by atoms with Gasteiger partial charge in [0, 0.05) is 12.8 Å². The minimum atomic E-state index is -0.524. The van der Waals surface area contributed by atoms with Crippen molar-refractivity contribution in [3.8, 4) is 0 Å². The molecular formula is C12H20O4. The third-order valence-electron chi connectivity index (χ3n) is 3.29. The van der Waals surface area contributed by atoms with Crippen LogP contribution in [0.2, 0.25) is 0 Å². The molecule has 0 amide bonds. The molecule has 1 aliphatic carbocycles. The van der Waals surface area contributed by atoms with Crippen molar-refractivity contribution in [2.45, 2.75) is 51.7 Å². The van der Waals surface area contributed by atoms with Crippen LogP contribution in [0, 0.1) is 5.92 Å². The van der Waals surface area contributed by atoms with Gasteiger partial charge in [0.25, 0.3) is 0 Å². The number of hydrogen-bond donors (Lipinski definition) is 1. The summed E-state index contributed by atoms with van der Waals surface area (Å²) in [4.78, 5) is 15.4. The number of carbonyl (C=O) groups is 1. The molecule has 92 valence electrons. The lowest BCUT2D eigenvalue weighted by Gasteiger charge is -2.38. The van der Waals surface area contributed by atoms with Crippen molar-refractivity contribution < 1.29 is 19.7 Å². The first-order chi connectivity index (χ1) is 7.36. The lowest BCUT2D eigenvalue weighted by molar-refractivity contribution is -0.277. The van der Waals surface area contributed by atoms with Crippen molar-refractivity contribution in [3.05, 3.63) is 12.2 Å². The van der Waals surface area contributed by atoms with Crippen LogP contribution in [0.4, 0.5) is 0 Å². The van der Waals surface area contributed by atoms with Crippen molar-refractivity contribution in [3.63, 3.8) is 0 Å². The molecule has 2 atom stereocenters. The fourth-order valence-corrected chi connectivity index (χ4v) is 2.27. The zero-order valence-electron chi connectivity index (χ0n) is 10.2. The Morgan fingerprint density at radius 1 is 1.56 bits per heavy atom. The van der Waals surface area contributed by atoms with Crippen molar-refractivity contribution in [1.29, 1.82) is 0 Å². The zero-order valence-corrected chi connectivity index (χ0v) is 10.2. The van der Waals surface area contributed by atoms with Crippen LogP contribution in [0.1, 0.15) is 40.0 Å². The Labute approximate surface area is 96.2 Å². The van der Waals surface area contributed by atoms with Crippen LogP contribution in [0.5, 0.6) is 0 Å². The normalized spacial score (nSPS) is 26.6. The van der Waals surface area contributed by atoms with Crippen molar-refractivity contribution >= 4 is 5.97 Å². The first-order valence-corrected chi connectivity index (χ1v) is 5.54. The molecule has 0 bridgehead atoms. The first-order valence-electron chi connectivity index (χ1n) is 5.54. The van der Waals surface area contributed by atoms with Gasteiger partial charge in [0.05, 0.1) is 0 Å². The molecule has 0 aromatic heterocycles. The Kier molecular flexibility index (Phi) is 4.10. The molecule has 16 heavy (non-hydrogen) atoms. The molecule has 4 heteroatoms. The summed E-state index contributed by atoms with van der Waals surface area (Å²) in [7, 11) is 0. The summed E-state index contributed by atoms with van der Waals surface area (Å²) in [6, 6.07) is 0. The van der Waals surface area contributed by atoms with E-state index >= 15 is 0 Å². The Hall–Kier alpha value is -0.870. The van der Waals surface area contributed by atoms with E-state index in [0.29, 0.717) is 6.42 Å². The molecular weight excluding hydrogens is 208 g/mol. The highest BCUT2D eigenvalue weighted by atomic mass is 17.1. The number of rotatable bonds is 3.